The predicted octanol–water partition coefficient (Wildman–Crippen LogP) is 1.84. The molecule has 0 fully saturated rings. The van der Waals surface area contributed by atoms with Crippen LogP contribution in [0.1, 0.15) is 17.7 Å². The zero-order valence-corrected chi connectivity index (χ0v) is 8.66. The lowest BCUT2D eigenvalue weighted by molar-refractivity contribution is 0.142. The molecule has 3 nitrogen and oxygen atoms in total. The lowest BCUT2D eigenvalue weighted by atomic mass is 10.2. The van der Waals surface area contributed by atoms with Gasteiger partial charge in [0.25, 0.3) is 0 Å². The van der Waals surface area contributed by atoms with Gasteiger partial charge >= 0.3 is 0 Å². The topological polar surface area (TPSA) is 38.7 Å². The smallest absolute Gasteiger partial charge is 0.141 e. The fourth-order valence-electron chi connectivity index (χ4n) is 1.39. The van der Waals surface area contributed by atoms with Crippen molar-refractivity contribution >= 4 is 15.8 Å². The summed E-state index contributed by atoms with van der Waals surface area (Å²) in [7, 11) is -1.05. The monoisotopic (exact) mass is 209 g/mol. The van der Waals surface area contributed by atoms with Gasteiger partial charge in [-0.1, -0.05) is 35.5 Å². The highest BCUT2D eigenvalue weighted by molar-refractivity contribution is 8.00. The minimum absolute atomic E-state index is 0.0753. The first-order chi connectivity index (χ1) is 6.79. The molecule has 0 bridgehead atoms. The van der Waals surface area contributed by atoms with E-state index >= 15 is 0 Å². The maximum atomic E-state index is 11.8. The summed E-state index contributed by atoms with van der Waals surface area (Å²) in [6.45, 7) is 2.12. The molecule has 1 aliphatic heterocycles. The molecule has 0 aromatic heterocycles. The van der Waals surface area contributed by atoms with E-state index in [9.17, 15) is 4.21 Å². The van der Waals surface area contributed by atoms with Crippen molar-refractivity contribution in [2.75, 3.05) is 6.61 Å². The van der Waals surface area contributed by atoms with Crippen LogP contribution in [0, 0.1) is 0 Å². The number of hydrogen-bond acceptors (Lipinski definition) is 3. The Morgan fingerprint density at radius 1 is 1.43 bits per heavy atom. The van der Waals surface area contributed by atoms with Crippen molar-refractivity contribution in [3.05, 3.63) is 35.9 Å². The van der Waals surface area contributed by atoms with Crippen molar-refractivity contribution in [2.24, 2.45) is 5.16 Å². The van der Waals surface area contributed by atoms with E-state index in [1.54, 1.807) is 6.92 Å². The SMILES string of the molecule is CC1=NOCC(c2ccccc2)S1=O. The molecule has 0 saturated heterocycles. The number of hydrogen-bond donors (Lipinski definition) is 0. The van der Waals surface area contributed by atoms with Gasteiger partial charge in [0.2, 0.25) is 0 Å². The molecule has 0 amide bonds. The van der Waals surface area contributed by atoms with E-state index in [0.29, 0.717) is 11.7 Å². The van der Waals surface area contributed by atoms with Crippen molar-refractivity contribution in [3.8, 4) is 0 Å². The highest BCUT2D eigenvalue weighted by atomic mass is 32.2. The summed E-state index contributed by atoms with van der Waals surface area (Å²) >= 11 is 0. The molecule has 0 saturated carbocycles. The molecule has 14 heavy (non-hydrogen) atoms. The number of benzene rings is 1. The molecular formula is C10H11NO2S. The third-order valence-electron chi connectivity index (χ3n) is 2.14. The van der Waals surface area contributed by atoms with E-state index in [1.165, 1.54) is 0 Å². The molecule has 1 aromatic rings. The number of oxime groups is 1. The van der Waals surface area contributed by atoms with Gasteiger partial charge in [0.05, 0.1) is 10.8 Å². The van der Waals surface area contributed by atoms with Gasteiger partial charge in [-0.25, -0.2) is 0 Å². The molecule has 74 valence electrons. The minimum Gasteiger partial charge on any atom is -0.393 e. The largest absolute Gasteiger partial charge is 0.393 e. The molecule has 1 aromatic carbocycles. The molecule has 0 aliphatic carbocycles. The second-order valence-corrected chi connectivity index (χ2v) is 4.86. The fourth-order valence-corrected chi connectivity index (χ4v) is 2.51. The van der Waals surface area contributed by atoms with Crippen LogP contribution in [0.4, 0.5) is 0 Å². The molecule has 2 rings (SSSR count). The summed E-state index contributed by atoms with van der Waals surface area (Å²) in [6.07, 6.45) is 0. The van der Waals surface area contributed by atoms with Crippen LogP contribution in [-0.4, -0.2) is 15.9 Å². The zero-order chi connectivity index (χ0) is 9.97. The van der Waals surface area contributed by atoms with E-state index in [0.717, 1.165) is 5.56 Å². The Kier molecular flexibility index (Phi) is 2.63. The summed E-state index contributed by atoms with van der Waals surface area (Å²) in [6, 6.07) is 9.74. The van der Waals surface area contributed by atoms with Gasteiger partial charge in [0.1, 0.15) is 16.9 Å². The van der Waals surface area contributed by atoms with Crippen molar-refractivity contribution in [3.63, 3.8) is 0 Å². The summed E-state index contributed by atoms with van der Waals surface area (Å²) in [5.74, 6) is 0. The van der Waals surface area contributed by atoms with Crippen LogP contribution in [0.5, 0.6) is 0 Å². The Labute approximate surface area is 85.2 Å². The summed E-state index contributed by atoms with van der Waals surface area (Å²) in [5, 5.41) is 4.19. The van der Waals surface area contributed by atoms with Crippen molar-refractivity contribution in [1.82, 2.24) is 0 Å². The van der Waals surface area contributed by atoms with E-state index in [2.05, 4.69) is 5.16 Å². The highest BCUT2D eigenvalue weighted by Gasteiger charge is 2.25. The van der Waals surface area contributed by atoms with Gasteiger partial charge < -0.3 is 4.84 Å². The Hall–Kier alpha value is -1.16. The molecule has 1 aliphatic rings. The van der Waals surface area contributed by atoms with Gasteiger partial charge in [-0.3, -0.25) is 4.21 Å². The molecule has 1 heterocycles. The Morgan fingerprint density at radius 2 is 2.14 bits per heavy atom. The van der Waals surface area contributed by atoms with Gasteiger partial charge in [-0.05, 0) is 12.5 Å². The van der Waals surface area contributed by atoms with Crippen LogP contribution in [0.2, 0.25) is 0 Å². The molecule has 0 radical (unpaired) electrons. The third kappa shape index (κ3) is 1.70. The van der Waals surface area contributed by atoms with E-state index in [-0.39, 0.29) is 5.25 Å². The first-order valence-electron chi connectivity index (χ1n) is 4.41. The van der Waals surface area contributed by atoms with Gasteiger partial charge in [-0.2, -0.15) is 0 Å². The van der Waals surface area contributed by atoms with Crippen LogP contribution >= 0.6 is 0 Å². The van der Waals surface area contributed by atoms with Crippen LogP contribution < -0.4 is 0 Å². The van der Waals surface area contributed by atoms with Gasteiger partial charge in [-0.15, -0.1) is 0 Å². The minimum atomic E-state index is -1.05. The lowest BCUT2D eigenvalue weighted by Gasteiger charge is -2.19. The van der Waals surface area contributed by atoms with Crippen molar-refractivity contribution < 1.29 is 9.05 Å². The van der Waals surface area contributed by atoms with Crippen molar-refractivity contribution in [1.29, 1.82) is 0 Å². The second kappa shape index (κ2) is 3.92. The Bertz CT molecular complexity index is 375. The van der Waals surface area contributed by atoms with Crippen molar-refractivity contribution in [2.45, 2.75) is 12.2 Å². The second-order valence-electron chi connectivity index (χ2n) is 3.10. The quantitative estimate of drug-likeness (QED) is 0.708. The number of rotatable bonds is 1. The molecular weight excluding hydrogens is 198 g/mol. The average molecular weight is 209 g/mol. The fraction of sp³-hybridized carbons (Fsp3) is 0.300. The van der Waals surface area contributed by atoms with Gasteiger partial charge in [0.15, 0.2) is 0 Å². The average Bonchev–Trinajstić information content (AvgIpc) is 2.23. The van der Waals surface area contributed by atoms with E-state index in [1.807, 2.05) is 30.3 Å². The first-order valence-corrected chi connectivity index (χ1v) is 5.62. The van der Waals surface area contributed by atoms with Gasteiger partial charge in [0, 0.05) is 0 Å². The normalized spacial score (nSPS) is 26.5. The van der Waals surface area contributed by atoms with Crippen LogP contribution in [0.25, 0.3) is 0 Å². The molecule has 0 spiro atoms. The summed E-state index contributed by atoms with van der Waals surface area (Å²) < 4.78 is 11.8. The van der Waals surface area contributed by atoms with E-state index < -0.39 is 10.8 Å². The van der Waals surface area contributed by atoms with E-state index in [4.69, 9.17) is 4.84 Å². The molecule has 4 heteroatoms. The zero-order valence-electron chi connectivity index (χ0n) is 7.84. The third-order valence-corrected chi connectivity index (χ3v) is 3.72. The van der Waals surface area contributed by atoms with Crippen LogP contribution in [0.3, 0.4) is 0 Å². The summed E-state index contributed by atoms with van der Waals surface area (Å²) in [5.41, 5.74) is 1.04. The first kappa shape index (κ1) is 9.40. The Balaban J connectivity index is 2.29. The predicted molar refractivity (Wildman–Crippen MR) is 56.4 cm³/mol. The standard InChI is InChI=1S/C10H11NO2S/c1-8-11-13-7-10(14(8)12)9-5-3-2-4-6-9/h2-6,10H,7H2,1H3. The maximum Gasteiger partial charge on any atom is 0.141 e. The summed E-state index contributed by atoms with van der Waals surface area (Å²) in [4.78, 5) is 5.01. The van der Waals surface area contributed by atoms with Crippen LogP contribution in [-0.2, 0) is 15.6 Å². The number of nitrogens with zero attached hydrogens (tertiary/aromatic N) is 1. The Morgan fingerprint density at radius 3 is 2.86 bits per heavy atom. The molecule has 0 N–H and O–H groups in total. The van der Waals surface area contributed by atoms with Crippen LogP contribution in [0.15, 0.2) is 35.5 Å². The molecule has 2 atom stereocenters. The maximum absolute atomic E-state index is 11.8. The molecule has 2 unspecified atom stereocenters. The highest BCUT2D eigenvalue weighted by Crippen LogP contribution is 2.24. The lowest BCUT2D eigenvalue weighted by Crippen LogP contribution is -2.22.